The Kier molecular flexibility index (Phi) is 10.6. The molecule has 25 heavy (non-hydrogen) atoms. The lowest BCUT2D eigenvalue weighted by atomic mass is 9.69. The molecule has 0 saturated heterocycles. The minimum absolute atomic E-state index is 0.800. The van der Waals surface area contributed by atoms with Crippen molar-refractivity contribution in [1.82, 2.24) is 0 Å². The minimum Gasteiger partial charge on any atom is -0.377 e. The van der Waals surface area contributed by atoms with Crippen LogP contribution < -0.4 is 0 Å². The van der Waals surface area contributed by atoms with Crippen LogP contribution in [0, 0.1) is 23.7 Å². The van der Waals surface area contributed by atoms with Gasteiger partial charge in [0.25, 0.3) is 0 Å². The topological polar surface area (TPSA) is 9.23 Å². The van der Waals surface area contributed by atoms with Crippen molar-refractivity contribution in [3.63, 3.8) is 0 Å². The van der Waals surface area contributed by atoms with E-state index in [1.54, 1.807) is 0 Å². The zero-order valence-corrected chi connectivity index (χ0v) is 16.9. The first-order valence-corrected chi connectivity index (χ1v) is 11.2. The van der Waals surface area contributed by atoms with Gasteiger partial charge in [0, 0.05) is 6.61 Å². The second-order valence-corrected chi connectivity index (χ2v) is 8.51. The van der Waals surface area contributed by atoms with Gasteiger partial charge in [-0.3, -0.25) is 0 Å². The van der Waals surface area contributed by atoms with Crippen LogP contribution in [-0.4, -0.2) is 13.2 Å². The van der Waals surface area contributed by atoms with Gasteiger partial charge in [0.05, 0.1) is 6.61 Å². The predicted octanol–water partition coefficient (Wildman–Crippen LogP) is 7.33. The van der Waals surface area contributed by atoms with Gasteiger partial charge in [-0.25, -0.2) is 0 Å². The second kappa shape index (κ2) is 12.7. The van der Waals surface area contributed by atoms with Gasteiger partial charge in [-0.2, -0.15) is 0 Å². The molecule has 0 N–H and O–H groups in total. The van der Waals surface area contributed by atoms with E-state index < -0.39 is 0 Å². The lowest BCUT2D eigenvalue weighted by Gasteiger charge is -2.37. The summed E-state index contributed by atoms with van der Waals surface area (Å²) >= 11 is 0. The molecule has 1 nitrogen and oxygen atoms in total. The fourth-order valence-electron chi connectivity index (χ4n) is 4.91. The zero-order valence-electron chi connectivity index (χ0n) is 16.9. The van der Waals surface area contributed by atoms with Crippen molar-refractivity contribution in [2.24, 2.45) is 23.7 Å². The fourth-order valence-corrected chi connectivity index (χ4v) is 4.91. The van der Waals surface area contributed by atoms with Crippen LogP contribution in [0.15, 0.2) is 24.3 Å². The van der Waals surface area contributed by atoms with Crippen LogP contribution in [-0.2, 0) is 4.74 Å². The van der Waals surface area contributed by atoms with Crippen molar-refractivity contribution in [3.8, 4) is 0 Å². The van der Waals surface area contributed by atoms with Crippen molar-refractivity contribution in [2.75, 3.05) is 13.2 Å². The molecule has 2 fully saturated rings. The van der Waals surface area contributed by atoms with E-state index in [0.29, 0.717) is 0 Å². The Hall–Kier alpha value is -0.560. The molecule has 144 valence electrons. The molecule has 2 saturated carbocycles. The maximum atomic E-state index is 5.78. The summed E-state index contributed by atoms with van der Waals surface area (Å²) in [5.41, 5.74) is 0. The summed E-state index contributed by atoms with van der Waals surface area (Å²) in [5, 5.41) is 0. The van der Waals surface area contributed by atoms with Crippen LogP contribution in [0.5, 0.6) is 0 Å². The SMILES string of the molecule is C/C=C\COCC1CCC([C@H]2CC[C@H](CC/C=C/CCC)CC2)CC1. The van der Waals surface area contributed by atoms with Gasteiger partial charge in [-0.15, -0.1) is 0 Å². The highest BCUT2D eigenvalue weighted by Gasteiger charge is 2.30. The Morgan fingerprint density at radius 1 is 0.760 bits per heavy atom. The third-order valence-corrected chi connectivity index (χ3v) is 6.62. The van der Waals surface area contributed by atoms with E-state index in [9.17, 15) is 0 Å². The largest absolute Gasteiger partial charge is 0.377 e. The lowest BCUT2D eigenvalue weighted by Crippen LogP contribution is -2.27. The van der Waals surface area contributed by atoms with E-state index in [-0.39, 0.29) is 0 Å². The maximum Gasteiger partial charge on any atom is 0.0647 e. The normalized spacial score (nSPS) is 31.1. The molecule has 0 aromatic heterocycles. The third-order valence-electron chi connectivity index (χ3n) is 6.62. The van der Waals surface area contributed by atoms with Gasteiger partial charge in [-0.1, -0.05) is 50.5 Å². The van der Waals surface area contributed by atoms with Gasteiger partial charge in [0.15, 0.2) is 0 Å². The highest BCUT2D eigenvalue weighted by molar-refractivity contribution is 4.85. The molecule has 0 aromatic rings. The standard InChI is InChI=1S/C24H42O/c1-3-5-7-8-9-10-21-11-15-23(16-12-21)24-17-13-22(14-18-24)20-25-19-6-4-2/h4,6-8,21-24H,3,5,9-20H2,1-2H3/b6-4-,8-7+/t21-,22?,23-,24?. The Balaban J connectivity index is 1.56. The van der Waals surface area contributed by atoms with Crippen molar-refractivity contribution >= 4 is 0 Å². The van der Waals surface area contributed by atoms with E-state index in [1.807, 2.05) is 0 Å². The molecule has 0 radical (unpaired) electrons. The molecule has 0 atom stereocenters. The molecule has 0 heterocycles. The van der Waals surface area contributed by atoms with Crippen molar-refractivity contribution < 1.29 is 4.74 Å². The maximum absolute atomic E-state index is 5.78. The van der Waals surface area contributed by atoms with E-state index in [0.717, 1.165) is 36.9 Å². The van der Waals surface area contributed by atoms with Crippen LogP contribution in [0.25, 0.3) is 0 Å². The molecule has 2 aliphatic rings. The molecular formula is C24H42O. The van der Waals surface area contributed by atoms with E-state index in [2.05, 4.69) is 38.2 Å². The number of hydrogen-bond donors (Lipinski definition) is 0. The lowest BCUT2D eigenvalue weighted by molar-refractivity contribution is 0.0780. The summed E-state index contributed by atoms with van der Waals surface area (Å²) in [6, 6.07) is 0. The van der Waals surface area contributed by atoms with Crippen LogP contribution >= 0.6 is 0 Å². The molecule has 0 bridgehead atoms. The Morgan fingerprint density at radius 2 is 1.36 bits per heavy atom. The van der Waals surface area contributed by atoms with Gasteiger partial charge >= 0.3 is 0 Å². The van der Waals surface area contributed by atoms with Crippen molar-refractivity contribution in [3.05, 3.63) is 24.3 Å². The van der Waals surface area contributed by atoms with Gasteiger partial charge in [0.2, 0.25) is 0 Å². The van der Waals surface area contributed by atoms with Gasteiger partial charge in [-0.05, 0) is 88.4 Å². The molecule has 2 rings (SSSR count). The fraction of sp³-hybridized carbons (Fsp3) is 0.833. The summed E-state index contributed by atoms with van der Waals surface area (Å²) in [4.78, 5) is 0. The van der Waals surface area contributed by atoms with Crippen LogP contribution in [0.1, 0.15) is 90.9 Å². The number of unbranched alkanes of at least 4 members (excludes halogenated alkanes) is 1. The van der Waals surface area contributed by atoms with Crippen molar-refractivity contribution in [1.29, 1.82) is 0 Å². The van der Waals surface area contributed by atoms with E-state index in [4.69, 9.17) is 4.74 Å². The molecule has 0 aliphatic heterocycles. The van der Waals surface area contributed by atoms with Gasteiger partial charge in [0.1, 0.15) is 0 Å². The minimum atomic E-state index is 0.800. The first kappa shape index (κ1) is 20.7. The first-order valence-electron chi connectivity index (χ1n) is 11.2. The average molecular weight is 347 g/mol. The zero-order chi connectivity index (χ0) is 17.7. The quantitative estimate of drug-likeness (QED) is 0.297. The van der Waals surface area contributed by atoms with Crippen LogP contribution in [0.2, 0.25) is 0 Å². The summed E-state index contributed by atoms with van der Waals surface area (Å²) in [6.45, 7) is 6.10. The molecule has 0 aromatic carbocycles. The second-order valence-electron chi connectivity index (χ2n) is 8.51. The summed E-state index contributed by atoms with van der Waals surface area (Å²) in [6.07, 6.45) is 26.0. The molecule has 0 unspecified atom stereocenters. The monoisotopic (exact) mass is 346 g/mol. The van der Waals surface area contributed by atoms with E-state index >= 15 is 0 Å². The van der Waals surface area contributed by atoms with Crippen LogP contribution in [0.3, 0.4) is 0 Å². The molecule has 0 spiro atoms. The molecule has 2 aliphatic carbocycles. The Labute approximate surface area is 157 Å². The molecule has 1 heteroatoms. The number of hydrogen-bond acceptors (Lipinski definition) is 1. The summed E-state index contributed by atoms with van der Waals surface area (Å²) in [7, 11) is 0. The Bertz CT molecular complexity index is 368. The van der Waals surface area contributed by atoms with Crippen LogP contribution in [0.4, 0.5) is 0 Å². The Morgan fingerprint density at radius 3 is 1.96 bits per heavy atom. The summed E-state index contributed by atoms with van der Waals surface area (Å²) in [5.74, 6) is 3.90. The highest BCUT2D eigenvalue weighted by Crippen LogP contribution is 2.42. The molecular weight excluding hydrogens is 304 g/mol. The predicted molar refractivity (Wildman–Crippen MR) is 110 cm³/mol. The van der Waals surface area contributed by atoms with Gasteiger partial charge < -0.3 is 4.74 Å². The highest BCUT2D eigenvalue weighted by atomic mass is 16.5. The van der Waals surface area contributed by atoms with Crippen molar-refractivity contribution in [2.45, 2.75) is 90.9 Å². The average Bonchev–Trinajstić information content (AvgIpc) is 2.66. The third kappa shape index (κ3) is 8.11. The molecule has 0 amide bonds. The van der Waals surface area contributed by atoms with E-state index in [1.165, 1.54) is 77.0 Å². The summed E-state index contributed by atoms with van der Waals surface area (Å²) < 4.78 is 5.78. The number of rotatable bonds is 10. The first-order chi connectivity index (χ1) is 12.3. The smallest absolute Gasteiger partial charge is 0.0647 e. The number of allylic oxidation sites excluding steroid dienone is 3. The number of ether oxygens (including phenoxy) is 1.